The molecule has 0 radical (unpaired) electrons. The van der Waals surface area contributed by atoms with Crippen LogP contribution in [0.5, 0.6) is 0 Å². The van der Waals surface area contributed by atoms with E-state index in [1.165, 1.54) is 10.4 Å². The normalized spacial score (nSPS) is 15.0. The van der Waals surface area contributed by atoms with Crippen LogP contribution in [-0.2, 0) is 4.79 Å². The summed E-state index contributed by atoms with van der Waals surface area (Å²) in [5.74, 6) is -0.930. The molecule has 1 aliphatic rings. The van der Waals surface area contributed by atoms with Crippen molar-refractivity contribution in [2.45, 2.75) is 6.92 Å². The molecule has 16 heavy (non-hydrogen) atoms. The largest absolute Gasteiger partial charge is 0.301 e. The fourth-order valence-corrected chi connectivity index (χ4v) is 1.94. The second kappa shape index (κ2) is 4.10. The molecule has 2 rings (SSSR count). The zero-order valence-electron chi connectivity index (χ0n) is 8.74. The number of benzene rings is 1. The van der Waals surface area contributed by atoms with Gasteiger partial charge in [-0.25, -0.2) is 0 Å². The molecule has 0 bridgehead atoms. The molecule has 0 fully saturated rings. The molecular formula is C12H10ClNO2. The van der Waals surface area contributed by atoms with Crippen molar-refractivity contribution < 1.29 is 9.59 Å². The fraction of sp³-hybridized carbons (Fsp3) is 0.167. The van der Waals surface area contributed by atoms with Crippen molar-refractivity contribution in [3.05, 3.63) is 40.9 Å². The molecule has 82 valence electrons. The maximum absolute atomic E-state index is 11.7. The molecule has 1 amide bonds. The van der Waals surface area contributed by atoms with Gasteiger partial charge in [0, 0.05) is 12.1 Å². The molecule has 0 saturated carbocycles. The van der Waals surface area contributed by atoms with Crippen molar-refractivity contribution in [3.63, 3.8) is 0 Å². The molecule has 3 nitrogen and oxygen atoms in total. The zero-order valence-corrected chi connectivity index (χ0v) is 9.49. The Bertz CT molecular complexity index is 494. The first-order chi connectivity index (χ1) is 7.66. The van der Waals surface area contributed by atoms with Crippen molar-refractivity contribution in [1.82, 2.24) is 0 Å². The van der Waals surface area contributed by atoms with Gasteiger partial charge in [-0.2, -0.15) is 0 Å². The summed E-state index contributed by atoms with van der Waals surface area (Å²) in [6.07, 6.45) is 1.63. The number of anilines is 1. The SMILES string of the molecule is Cc1cccc2c1N(C/C=C/Cl)C(=O)C2=O. The highest BCUT2D eigenvalue weighted by Crippen LogP contribution is 2.31. The van der Waals surface area contributed by atoms with Gasteiger partial charge in [-0.05, 0) is 18.6 Å². The van der Waals surface area contributed by atoms with Gasteiger partial charge in [0.15, 0.2) is 0 Å². The van der Waals surface area contributed by atoms with Gasteiger partial charge >= 0.3 is 0 Å². The number of para-hydroxylation sites is 1. The van der Waals surface area contributed by atoms with Crippen LogP contribution in [0.3, 0.4) is 0 Å². The summed E-state index contributed by atoms with van der Waals surface area (Å²) in [6.45, 7) is 2.20. The van der Waals surface area contributed by atoms with Crippen LogP contribution in [0, 0.1) is 6.92 Å². The lowest BCUT2D eigenvalue weighted by atomic mass is 10.1. The van der Waals surface area contributed by atoms with E-state index in [1.807, 2.05) is 13.0 Å². The molecule has 0 aliphatic carbocycles. The first-order valence-electron chi connectivity index (χ1n) is 4.88. The minimum atomic E-state index is -0.487. The fourth-order valence-electron chi connectivity index (χ4n) is 1.86. The van der Waals surface area contributed by atoms with E-state index in [9.17, 15) is 9.59 Å². The highest BCUT2D eigenvalue weighted by atomic mass is 35.5. The quantitative estimate of drug-likeness (QED) is 0.738. The van der Waals surface area contributed by atoms with Crippen molar-refractivity contribution in [2.75, 3.05) is 11.4 Å². The third-order valence-corrected chi connectivity index (χ3v) is 2.75. The number of hydrogen-bond donors (Lipinski definition) is 0. The van der Waals surface area contributed by atoms with Crippen LogP contribution in [0.15, 0.2) is 29.8 Å². The molecule has 4 heteroatoms. The van der Waals surface area contributed by atoms with E-state index in [2.05, 4.69) is 0 Å². The number of rotatable bonds is 2. The zero-order chi connectivity index (χ0) is 11.7. The smallest absolute Gasteiger partial charge is 0.299 e. The van der Waals surface area contributed by atoms with Crippen LogP contribution in [0.4, 0.5) is 5.69 Å². The van der Waals surface area contributed by atoms with E-state index < -0.39 is 11.7 Å². The number of halogens is 1. The Hall–Kier alpha value is -1.61. The molecule has 0 saturated heterocycles. The maximum Gasteiger partial charge on any atom is 0.299 e. The molecule has 0 N–H and O–H groups in total. The van der Waals surface area contributed by atoms with Crippen LogP contribution < -0.4 is 4.90 Å². The Morgan fingerprint density at radius 3 is 2.81 bits per heavy atom. The number of hydrogen-bond acceptors (Lipinski definition) is 2. The number of Topliss-reactive ketones (excluding diaryl/α,β-unsaturated/α-hetero) is 1. The number of aryl methyl sites for hydroxylation is 1. The molecule has 0 aromatic heterocycles. The topological polar surface area (TPSA) is 37.4 Å². The van der Waals surface area contributed by atoms with E-state index in [4.69, 9.17) is 11.6 Å². The summed E-state index contributed by atoms with van der Waals surface area (Å²) in [5.41, 5.74) is 3.44. The second-order valence-electron chi connectivity index (χ2n) is 3.58. The standard InChI is InChI=1S/C12H10ClNO2/c1-8-4-2-5-9-10(8)14(7-3-6-13)12(16)11(9)15/h2-6H,7H2,1H3/b6-3+. The number of amides is 1. The van der Waals surface area contributed by atoms with Crippen molar-refractivity contribution in [2.24, 2.45) is 0 Å². The third kappa shape index (κ3) is 1.53. The van der Waals surface area contributed by atoms with Gasteiger partial charge in [0.2, 0.25) is 0 Å². The van der Waals surface area contributed by atoms with Crippen LogP contribution in [0.25, 0.3) is 0 Å². The van der Waals surface area contributed by atoms with Crippen LogP contribution in [0.2, 0.25) is 0 Å². The summed E-state index contributed by atoms with van der Waals surface area (Å²) in [6, 6.07) is 5.33. The van der Waals surface area contributed by atoms with Gasteiger partial charge in [-0.3, -0.25) is 9.59 Å². The molecule has 1 heterocycles. The first kappa shape index (κ1) is 10.9. The average Bonchev–Trinajstić information content (AvgIpc) is 2.52. The van der Waals surface area contributed by atoms with Crippen LogP contribution >= 0.6 is 11.6 Å². The molecule has 1 aromatic carbocycles. The molecular weight excluding hydrogens is 226 g/mol. The molecule has 0 unspecified atom stereocenters. The van der Waals surface area contributed by atoms with Gasteiger partial charge in [0.25, 0.3) is 11.7 Å². The summed E-state index contributed by atoms with van der Waals surface area (Å²) in [7, 11) is 0. The minimum absolute atomic E-state index is 0.325. The Kier molecular flexibility index (Phi) is 2.79. The Labute approximate surface area is 98.3 Å². The average molecular weight is 236 g/mol. The molecule has 0 atom stereocenters. The lowest BCUT2D eigenvalue weighted by Gasteiger charge is -2.15. The number of nitrogens with zero attached hydrogens (tertiary/aromatic N) is 1. The monoisotopic (exact) mass is 235 g/mol. The predicted molar refractivity (Wildman–Crippen MR) is 62.9 cm³/mol. The number of ketones is 1. The van der Waals surface area contributed by atoms with E-state index in [1.54, 1.807) is 18.2 Å². The van der Waals surface area contributed by atoms with E-state index in [0.29, 0.717) is 17.8 Å². The van der Waals surface area contributed by atoms with Crippen LogP contribution in [-0.4, -0.2) is 18.2 Å². The highest BCUT2D eigenvalue weighted by molar-refractivity contribution is 6.52. The van der Waals surface area contributed by atoms with E-state index in [-0.39, 0.29) is 0 Å². The van der Waals surface area contributed by atoms with Crippen molar-refractivity contribution in [3.8, 4) is 0 Å². The predicted octanol–water partition coefficient (Wildman–Crippen LogP) is 2.28. The third-order valence-electron chi connectivity index (χ3n) is 2.57. The van der Waals surface area contributed by atoms with Crippen molar-refractivity contribution in [1.29, 1.82) is 0 Å². The Morgan fingerprint density at radius 1 is 1.38 bits per heavy atom. The summed E-state index contributed by atoms with van der Waals surface area (Å²) in [4.78, 5) is 24.8. The highest BCUT2D eigenvalue weighted by Gasteiger charge is 2.35. The summed E-state index contributed by atoms with van der Waals surface area (Å²) in [5, 5.41) is 0. The van der Waals surface area contributed by atoms with Gasteiger partial charge in [-0.1, -0.05) is 29.8 Å². The minimum Gasteiger partial charge on any atom is -0.301 e. The lowest BCUT2D eigenvalue weighted by Crippen LogP contribution is -2.30. The Morgan fingerprint density at radius 2 is 2.12 bits per heavy atom. The van der Waals surface area contributed by atoms with E-state index >= 15 is 0 Å². The van der Waals surface area contributed by atoms with Gasteiger partial charge < -0.3 is 4.90 Å². The van der Waals surface area contributed by atoms with Gasteiger partial charge in [-0.15, -0.1) is 0 Å². The summed E-state index contributed by atoms with van der Waals surface area (Å²) >= 11 is 5.43. The maximum atomic E-state index is 11.7. The van der Waals surface area contributed by atoms with E-state index in [0.717, 1.165) is 5.56 Å². The first-order valence-corrected chi connectivity index (χ1v) is 5.31. The lowest BCUT2D eigenvalue weighted by molar-refractivity contribution is -0.114. The molecule has 0 spiro atoms. The van der Waals surface area contributed by atoms with Gasteiger partial charge in [0.05, 0.1) is 11.3 Å². The number of fused-ring (bicyclic) bond motifs is 1. The summed E-state index contributed by atoms with van der Waals surface area (Å²) < 4.78 is 0. The van der Waals surface area contributed by atoms with Crippen molar-refractivity contribution >= 4 is 29.0 Å². The van der Waals surface area contributed by atoms with Gasteiger partial charge in [0.1, 0.15) is 0 Å². The molecule has 1 aromatic rings. The molecule has 1 aliphatic heterocycles. The Balaban J connectivity index is 2.51. The second-order valence-corrected chi connectivity index (χ2v) is 3.83. The van der Waals surface area contributed by atoms with Crippen LogP contribution in [0.1, 0.15) is 15.9 Å². The number of carbonyl (C=O) groups is 2. The number of carbonyl (C=O) groups excluding carboxylic acids is 2.